The van der Waals surface area contributed by atoms with E-state index < -0.39 is 22.9 Å². The maximum absolute atomic E-state index is 13.0. The van der Waals surface area contributed by atoms with Crippen LogP contribution in [0.25, 0.3) is 10.8 Å². The highest BCUT2D eigenvalue weighted by atomic mass is 32.2. The fourth-order valence-corrected chi connectivity index (χ4v) is 4.29. The van der Waals surface area contributed by atoms with Crippen LogP contribution >= 0.6 is 0 Å². The molecule has 0 aromatic heterocycles. The van der Waals surface area contributed by atoms with Crippen molar-refractivity contribution in [2.45, 2.75) is 17.9 Å². The third-order valence-corrected chi connectivity index (χ3v) is 6.04. The van der Waals surface area contributed by atoms with E-state index in [2.05, 4.69) is 4.74 Å². The van der Waals surface area contributed by atoms with Crippen molar-refractivity contribution in [3.63, 3.8) is 0 Å². The zero-order valence-electron chi connectivity index (χ0n) is 16.9. The molecule has 1 N–H and O–H groups in total. The molecule has 0 bridgehead atoms. The van der Waals surface area contributed by atoms with E-state index in [0.29, 0.717) is 16.4 Å². The Morgan fingerprint density at radius 3 is 2.50 bits per heavy atom. The summed E-state index contributed by atoms with van der Waals surface area (Å²) in [4.78, 5) is 12.0. The number of hydrogen-bond donors (Lipinski definition) is 1. The van der Waals surface area contributed by atoms with Crippen molar-refractivity contribution in [2.24, 2.45) is 0 Å². The molecule has 3 aromatic carbocycles. The van der Waals surface area contributed by atoms with E-state index in [1.165, 1.54) is 7.11 Å². The van der Waals surface area contributed by atoms with E-state index in [-0.39, 0.29) is 19.0 Å². The first kappa shape index (κ1) is 21.8. The fourth-order valence-electron chi connectivity index (χ4n) is 3.01. The van der Waals surface area contributed by atoms with Crippen molar-refractivity contribution < 1.29 is 28.3 Å². The average molecular weight is 429 g/mol. The van der Waals surface area contributed by atoms with Crippen LogP contribution in [0.3, 0.4) is 0 Å². The molecule has 0 saturated heterocycles. The summed E-state index contributed by atoms with van der Waals surface area (Å²) in [5.74, 6) is 0.755. The lowest BCUT2D eigenvalue weighted by atomic mass is 10.1. The van der Waals surface area contributed by atoms with Gasteiger partial charge in [0.1, 0.15) is 18.1 Å². The third-order valence-electron chi connectivity index (χ3n) is 4.51. The Kier molecular flexibility index (Phi) is 7.43. The maximum Gasteiger partial charge on any atom is 0.343 e. The summed E-state index contributed by atoms with van der Waals surface area (Å²) in [6.07, 6.45) is -0.887. The second-order valence-corrected chi connectivity index (χ2v) is 8.18. The summed E-state index contributed by atoms with van der Waals surface area (Å²) in [5, 5.41) is 11.8. The number of carbonyl (C=O) groups excluding carboxylic acids is 1. The van der Waals surface area contributed by atoms with E-state index in [4.69, 9.17) is 9.47 Å². The molecule has 7 heteroatoms. The van der Waals surface area contributed by atoms with Crippen LogP contribution in [-0.4, -0.2) is 47.5 Å². The van der Waals surface area contributed by atoms with Crippen LogP contribution in [0.2, 0.25) is 0 Å². The predicted octanol–water partition coefficient (Wildman–Crippen LogP) is 3.25. The quantitative estimate of drug-likeness (QED) is 0.527. The highest BCUT2D eigenvalue weighted by molar-refractivity contribution is 7.85. The zero-order chi connectivity index (χ0) is 21.5. The van der Waals surface area contributed by atoms with Gasteiger partial charge in [0.05, 0.1) is 29.8 Å². The molecule has 0 aliphatic carbocycles. The highest BCUT2D eigenvalue weighted by Gasteiger charge is 2.17. The molecule has 0 aliphatic heterocycles. The summed E-state index contributed by atoms with van der Waals surface area (Å²) >= 11 is 0. The van der Waals surface area contributed by atoms with Crippen LogP contribution < -0.4 is 9.47 Å². The van der Waals surface area contributed by atoms with Crippen LogP contribution in [0.5, 0.6) is 11.5 Å². The Bertz CT molecular complexity index is 1030. The van der Waals surface area contributed by atoms with Crippen LogP contribution in [0, 0.1) is 6.92 Å². The van der Waals surface area contributed by atoms with Crippen LogP contribution in [0.15, 0.2) is 65.6 Å². The Balaban J connectivity index is 1.76. The monoisotopic (exact) mass is 428 g/mol. The number of para-hydroxylation sites is 1. The normalized spacial score (nSPS) is 12.9. The Morgan fingerprint density at radius 2 is 1.77 bits per heavy atom. The van der Waals surface area contributed by atoms with Gasteiger partial charge in [-0.15, -0.1) is 0 Å². The van der Waals surface area contributed by atoms with Crippen molar-refractivity contribution in [2.75, 3.05) is 26.1 Å². The number of esters is 1. The first-order chi connectivity index (χ1) is 14.5. The van der Waals surface area contributed by atoms with Gasteiger partial charge in [-0.2, -0.15) is 0 Å². The number of ether oxygens (including phenoxy) is 3. The number of aliphatic hydroxyl groups excluding tert-OH is 1. The molecular weight excluding hydrogens is 404 g/mol. The number of fused-ring (bicyclic) bond motifs is 1. The molecule has 6 nitrogen and oxygen atoms in total. The van der Waals surface area contributed by atoms with Crippen LogP contribution in [0.1, 0.15) is 5.56 Å². The largest absolute Gasteiger partial charge is 0.491 e. The number of rotatable bonds is 9. The van der Waals surface area contributed by atoms with Crippen molar-refractivity contribution >= 4 is 27.5 Å². The standard InChI is InChI=1S/C23H24O6S/c1-16-11-12-19-20(23(16)29-14-22(25)27-2)9-6-10-21(19)30(26)15-17(24)13-28-18-7-4-3-5-8-18/h3-12,17,24H,13-15H2,1-2H3. The molecule has 3 rings (SSSR count). The van der Waals surface area contributed by atoms with E-state index in [0.717, 1.165) is 16.3 Å². The Labute approximate surface area is 177 Å². The Hall–Kier alpha value is -2.90. The number of aliphatic hydroxyl groups is 1. The first-order valence-electron chi connectivity index (χ1n) is 9.46. The van der Waals surface area contributed by atoms with Crippen molar-refractivity contribution in [3.8, 4) is 11.5 Å². The number of hydrogen-bond acceptors (Lipinski definition) is 6. The van der Waals surface area contributed by atoms with Crippen LogP contribution in [0.4, 0.5) is 0 Å². The molecule has 0 amide bonds. The second kappa shape index (κ2) is 10.2. The zero-order valence-corrected chi connectivity index (χ0v) is 17.7. The predicted molar refractivity (Wildman–Crippen MR) is 115 cm³/mol. The molecule has 2 atom stereocenters. The molecule has 0 aliphatic rings. The van der Waals surface area contributed by atoms with Crippen LogP contribution in [-0.2, 0) is 20.3 Å². The van der Waals surface area contributed by atoms with Gasteiger partial charge in [0, 0.05) is 15.7 Å². The first-order valence-corrected chi connectivity index (χ1v) is 10.8. The number of benzene rings is 3. The van der Waals surface area contributed by atoms with Gasteiger partial charge in [-0.25, -0.2) is 4.79 Å². The Morgan fingerprint density at radius 1 is 1.00 bits per heavy atom. The minimum atomic E-state index is -1.45. The smallest absolute Gasteiger partial charge is 0.343 e. The van der Waals surface area contributed by atoms with Gasteiger partial charge in [-0.1, -0.05) is 42.5 Å². The number of carbonyl (C=O) groups is 1. The molecule has 3 aromatic rings. The van der Waals surface area contributed by atoms with Gasteiger partial charge >= 0.3 is 5.97 Å². The third kappa shape index (κ3) is 5.37. The number of aryl methyl sites for hydroxylation is 1. The van der Waals surface area contributed by atoms with Gasteiger partial charge in [0.15, 0.2) is 6.61 Å². The van der Waals surface area contributed by atoms with Gasteiger partial charge in [0.25, 0.3) is 0 Å². The topological polar surface area (TPSA) is 82.1 Å². The molecule has 0 radical (unpaired) electrons. The summed E-state index contributed by atoms with van der Waals surface area (Å²) in [6, 6.07) is 18.3. The molecule has 0 spiro atoms. The molecule has 0 saturated carbocycles. The molecular formula is C23H24O6S. The molecule has 158 valence electrons. The van der Waals surface area contributed by atoms with E-state index in [1.54, 1.807) is 24.3 Å². The van der Waals surface area contributed by atoms with E-state index >= 15 is 0 Å². The van der Waals surface area contributed by atoms with E-state index in [1.807, 2.05) is 43.3 Å². The lowest BCUT2D eigenvalue weighted by Gasteiger charge is -2.15. The van der Waals surface area contributed by atoms with Crippen molar-refractivity contribution in [1.29, 1.82) is 0 Å². The van der Waals surface area contributed by atoms with Gasteiger partial charge in [-0.05, 0) is 30.7 Å². The van der Waals surface area contributed by atoms with Crippen molar-refractivity contribution in [1.82, 2.24) is 0 Å². The SMILES string of the molecule is COC(=O)COc1c(C)ccc2c(S(=O)CC(O)COc3ccccc3)cccc12. The molecule has 0 heterocycles. The molecule has 30 heavy (non-hydrogen) atoms. The summed E-state index contributed by atoms with van der Waals surface area (Å²) < 4.78 is 28.8. The maximum atomic E-state index is 13.0. The van der Waals surface area contributed by atoms with Gasteiger partial charge in [-0.3, -0.25) is 4.21 Å². The van der Waals surface area contributed by atoms with E-state index in [9.17, 15) is 14.1 Å². The van der Waals surface area contributed by atoms with Crippen molar-refractivity contribution in [3.05, 3.63) is 66.2 Å². The average Bonchev–Trinajstić information content (AvgIpc) is 2.77. The lowest BCUT2D eigenvalue weighted by Crippen LogP contribution is -2.24. The minimum absolute atomic E-state index is 0.0399. The summed E-state index contributed by atoms with van der Waals surface area (Å²) in [6.45, 7) is 1.72. The molecule has 2 unspecified atom stereocenters. The fraction of sp³-hybridized carbons (Fsp3) is 0.261. The highest BCUT2D eigenvalue weighted by Crippen LogP contribution is 2.33. The minimum Gasteiger partial charge on any atom is -0.491 e. The van der Waals surface area contributed by atoms with Gasteiger partial charge in [0.2, 0.25) is 0 Å². The summed E-state index contributed by atoms with van der Waals surface area (Å²) in [5.41, 5.74) is 0.852. The summed E-state index contributed by atoms with van der Waals surface area (Å²) in [7, 11) is -0.151. The molecule has 0 fully saturated rings. The van der Waals surface area contributed by atoms with Gasteiger partial charge < -0.3 is 19.3 Å². The lowest BCUT2D eigenvalue weighted by molar-refractivity contribution is -0.142. The second-order valence-electron chi connectivity index (χ2n) is 6.72. The number of methoxy groups -OCH3 is 1.